The van der Waals surface area contributed by atoms with Gasteiger partial charge in [0.15, 0.2) is 15.9 Å². The van der Waals surface area contributed by atoms with Gasteiger partial charge in [-0.25, -0.2) is 13.2 Å². The molecule has 0 bridgehead atoms. The van der Waals surface area contributed by atoms with E-state index in [0.717, 1.165) is 0 Å². The first-order valence-electron chi connectivity index (χ1n) is 6.64. The summed E-state index contributed by atoms with van der Waals surface area (Å²) in [6.45, 7) is 5.09. The normalized spacial score (nSPS) is 12.5. The third kappa shape index (κ3) is 4.29. The van der Waals surface area contributed by atoms with E-state index in [-0.39, 0.29) is 16.2 Å². The van der Waals surface area contributed by atoms with E-state index in [1.165, 1.54) is 32.0 Å². The summed E-state index contributed by atoms with van der Waals surface area (Å²) in [5.74, 6) is -1.38. The number of sulfone groups is 1. The molecule has 0 saturated heterocycles. The number of esters is 1. The first-order valence-corrected chi connectivity index (χ1v) is 8.29. The molecule has 1 amide bonds. The Balaban J connectivity index is 3.02. The van der Waals surface area contributed by atoms with Gasteiger partial charge in [-0.2, -0.15) is 0 Å². The molecule has 0 unspecified atom stereocenters. The summed E-state index contributed by atoms with van der Waals surface area (Å²) < 4.78 is 28.9. The number of carbonyl (C=O) groups is 2. The van der Waals surface area contributed by atoms with Gasteiger partial charge < -0.3 is 10.1 Å². The van der Waals surface area contributed by atoms with E-state index in [1.807, 2.05) is 0 Å². The molecule has 116 valence electrons. The summed E-state index contributed by atoms with van der Waals surface area (Å²) in [7, 11) is -3.54. The summed E-state index contributed by atoms with van der Waals surface area (Å²) in [6, 6.07) is 5.80. The molecule has 0 saturated carbocycles. The van der Waals surface area contributed by atoms with Gasteiger partial charge in [0.2, 0.25) is 0 Å². The molecule has 1 atom stereocenters. The maximum atomic E-state index is 12.1. The largest absolute Gasteiger partial charge is 0.449 e. The van der Waals surface area contributed by atoms with Crippen LogP contribution in [0.1, 0.15) is 31.1 Å². The van der Waals surface area contributed by atoms with Gasteiger partial charge in [-0.15, -0.1) is 0 Å². The molecule has 0 heterocycles. The summed E-state index contributed by atoms with van der Waals surface area (Å²) in [6.07, 6.45) is -0.991. The molecule has 0 aliphatic rings. The average Bonchev–Trinajstić information content (AvgIpc) is 2.47. The van der Waals surface area contributed by atoms with Crippen molar-refractivity contribution in [1.82, 2.24) is 5.32 Å². The number of hydrogen-bond acceptors (Lipinski definition) is 5. The Kier molecular flexibility index (Phi) is 5.90. The van der Waals surface area contributed by atoms with Crippen LogP contribution in [0.15, 0.2) is 29.2 Å². The zero-order valence-corrected chi connectivity index (χ0v) is 13.1. The van der Waals surface area contributed by atoms with Crippen molar-refractivity contribution in [3.05, 3.63) is 29.8 Å². The monoisotopic (exact) mass is 313 g/mol. The molecule has 21 heavy (non-hydrogen) atoms. The van der Waals surface area contributed by atoms with Gasteiger partial charge in [0, 0.05) is 6.54 Å². The fraction of sp³-hybridized carbons (Fsp3) is 0.429. The van der Waals surface area contributed by atoms with E-state index < -0.39 is 27.8 Å². The maximum absolute atomic E-state index is 12.1. The molecule has 1 rings (SSSR count). The van der Waals surface area contributed by atoms with Gasteiger partial charge in [0.25, 0.3) is 5.91 Å². The van der Waals surface area contributed by atoms with Crippen LogP contribution in [-0.2, 0) is 19.4 Å². The number of nitrogens with one attached hydrogen (secondary N) is 1. The van der Waals surface area contributed by atoms with Gasteiger partial charge in [0.05, 0.1) is 16.2 Å². The Labute approximate surface area is 124 Å². The van der Waals surface area contributed by atoms with Gasteiger partial charge in [-0.1, -0.05) is 19.1 Å². The first kappa shape index (κ1) is 17.2. The van der Waals surface area contributed by atoms with Crippen LogP contribution in [0.25, 0.3) is 0 Å². The topological polar surface area (TPSA) is 89.5 Å². The van der Waals surface area contributed by atoms with Gasteiger partial charge >= 0.3 is 5.97 Å². The Morgan fingerprint density at radius 3 is 2.43 bits per heavy atom. The van der Waals surface area contributed by atoms with Crippen LogP contribution in [-0.4, -0.2) is 38.7 Å². The highest BCUT2D eigenvalue weighted by molar-refractivity contribution is 7.91. The number of amides is 1. The van der Waals surface area contributed by atoms with E-state index >= 15 is 0 Å². The van der Waals surface area contributed by atoms with Crippen LogP contribution in [0.5, 0.6) is 0 Å². The highest BCUT2D eigenvalue weighted by atomic mass is 32.2. The lowest BCUT2D eigenvalue weighted by Crippen LogP contribution is -2.35. The molecule has 0 spiro atoms. The SMILES string of the molecule is CCNC(=O)[C@@H](C)OC(=O)c1ccccc1S(=O)(=O)CC. The Hall–Kier alpha value is -1.89. The molecule has 1 N–H and O–H groups in total. The van der Waals surface area contributed by atoms with Gasteiger partial charge in [-0.05, 0) is 26.0 Å². The van der Waals surface area contributed by atoms with Crippen LogP contribution < -0.4 is 5.32 Å². The van der Waals surface area contributed by atoms with Crippen molar-refractivity contribution in [3.8, 4) is 0 Å². The molecular weight excluding hydrogens is 294 g/mol. The van der Waals surface area contributed by atoms with Crippen LogP contribution in [0.4, 0.5) is 0 Å². The number of rotatable bonds is 6. The van der Waals surface area contributed by atoms with Crippen molar-refractivity contribution in [2.24, 2.45) is 0 Å². The number of benzene rings is 1. The second-order valence-corrected chi connectivity index (χ2v) is 6.59. The van der Waals surface area contributed by atoms with Crippen molar-refractivity contribution in [1.29, 1.82) is 0 Å². The van der Waals surface area contributed by atoms with Crippen molar-refractivity contribution < 1.29 is 22.7 Å². The van der Waals surface area contributed by atoms with Gasteiger partial charge in [-0.3, -0.25) is 4.79 Å². The van der Waals surface area contributed by atoms with E-state index in [4.69, 9.17) is 4.74 Å². The zero-order chi connectivity index (χ0) is 16.0. The Bertz CT molecular complexity index is 624. The zero-order valence-electron chi connectivity index (χ0n) is 12.3. The third-order valence-corrected chi connectivity index (χ3v) is 4.61. The van der Waals surface area contributed by atoms with Crippen LogP contribution in [0.3, 0.4) is 0 Å². The molecule has 0 aliphatic carbocycles. The molecule has 0 fully saturated rings. The standard InChI is InChI=1S/C14H19NO5S/c1-4-15-13(16)10(3)20-14(17)11-8-6-7-9-12(11)21(18,19)5-2/h6-10H,4-5H2,1-3H3,(H,15,16)/t10-/m1/s1. The maximum Gasteiger partial charge on any atom is 0.340 e. The molecular formula is C14H19NO5S. The number of carbonyl (C=O) groups excluding carboxylic acids is 2. The summed E-state index contributed by atoms with van der Waals surface area (Å²) in [4.78, 5) is 23.5. The minimum Gasteiger partial charge on any atom is -0.449 e. The fourth-order valence-corrected chi connectivity index (χ4v) is 2.74. The second kappa shape index (κ2) is 7.21. The lowest BCUT2D eigenvalue weighted by Gasteiger charge is -2.14. The molecule has 1 aromatic rings. The highest BCUT2D eigenvalue weighted by Crippen LogP contribution is 2.18. The molecule has 0 aromatic heterocycles. The van der Waals surface area contributed by atoms with E-state index in [2.05, 4.69) is 5.32 Å². The van der Waals surface area contributed by atoms with Crippen molar-refractivity contribution in [2.45, 2.75) is 31.8 Å². The van der Waals surface area contributed by atoms with Crippen LogP contribution >= 0.6 is 0 Å². The summed E-state index contributed by atoms with van der Waals surface area (Å²) in [5.41, 5.74) is -0.0597. The molecule has 1 aromatic carbocycles. The van der Waals surface area contributed by atoms with Crippen LogP contribution in [0.2, 0.25) is 0 Å². The molecule has 6 nitrogen and oxygen atoms in total. The van der Waals surface area contributed by atoms with E-state index in [0.29, 0.717) is 6.54 Å². The minimum absolute atomic E-state index is 0.0597. The first-order chi connectivity index (χ1) is 9.83. The smallest absolute Gasteiger partial charge is 0.340 e. The quantitative estimate of drug-likeness (QED) is 0.796. The predicted molar refractivity (Wildman–Crippen MR) is 77.7 cm³/mol. The average molecular weight is 313 g/mol. The molecule has 7 heteroatoms. The van der Waals surface area contributed by atoms with Crippen LogP contribution in [0, 0.1) is 0 Å². The number of likely N-dealkylation sites (N-methyl/N-ethyl adjacent to an activating group) is 1. The predicted octanol–water partition coefficient (Wildman–Crippen LogP) is 1.16. The third-order valence-electron chi connectivity index (χ3n) is 2.83. The van der Waals surface area contributed by atoms with Crippen molar-refractivity contribution in [3.63, 3.8) is 0 Å². The van der Waals surface area contributed by atoms with Crippen molar-refractivity contribution >= 4 is 21.7 Å². The fourth-order valence-electron chi connectivity index (χ4n) is 1.66. The Morgan fingerprint density at radius 1 is 1.24 bits per heavy atom. The van der Waals surface area contributed by atoms with E-state index in [9.17, 15) is 18.0 Å². The number of hydrogen-bond donors (Lipinski definition) is 1. The number of ether oxygens (including phenoxy) is 1. The lowest BCUT2D eigenvalue weighted by atomic mass is 10.2. The highest BCUT2D eigenvalue weighted by Gasteiger charge is 2.24. The lowest BCUT2D eigenvalue weighted by molar-refractivity contribution is -0.128. The second-order valence-electron chi connectivity index (χ2n) is 4.34. The Morgan fingerprint density at radius 2 is 1.86 bits per heavy atom. The van der Waals surface area contributed by atoms with Gasteiger partial charge in [0.1, 0.15) is 0 Å². The summed E-state index contributed by atoms with van der Waals surface area (Å²) in [5, 5.41) is 2.52. The van der Waals surface area contributed by atoms with Crippen molar-refractivity contribution in [2.75, 3.05) is 12.3 Å². The summed E-state index contributed by atoms with van der Waals surface area (Å²) >= 11 is 0. The molecule has 0 radical (unpaired) electrons. The van der Waals surface area contributed by atoms with E-state index in [1.54, 1.807) is 13.0 Å². The minimum atomic E-state index is -3.54. The molecule has 0 aliphatic heterocycles.